The number of H-pyrrole nitrogens is 1. The van der Waals surface area contributed by atoms with E-state index in [0.29, 0.717) is 12.1 Å². The molecule has 0 aliphatic heterocycles. The van der Waals surface area contributed by atoms with Crippen molar-refractivity contribution in [1.82, 2.24) is 10.3 Å². The predicted octanol–water partition coefficient (Wildman–Crippen LogP) is 4.40. The molecule has 0 atom stereocenters. The minimum absolute atomic E-state index is 0.177. The molecule has 0 aliphatic carbocycles. The van der Waals surface area contributed by atoms with Gasteiger partial charge >= 0.3 is 0 Å². The van der Waals surface area contributed by atoms with E-state index in [2.05, 4.69) is 38.4 Å². The average Bonchev–Trinajstić information content (AvgIpc) is 2.89. The maximum atomic E-state index is 13.7. The topological polar surface area (TPSA) is 27.8 Å². The van der Waals surface area contributed by atoms with E-state index in [4.69, 9.17) is 0 Å². The van der Waals surface area contributed by atoms with E-state index in [-0.39, 0.29) is 5.82 Å². The van der Waals surface area contributed by atoms with Gasteiger partial charge in [-0.3, -0.25) is 0 Å². The zero-order chi connectivity index (χ0) is 14.7. The Balaban J connectivity index is 1.57. The Hall–Kier alpha value is -1.65. The smallest absolute Gasteiger partial charge is 0.128 e. The number of hydrogen-bond donors (Lipinski definition) is 2. The summed E-state index contributed by atoms with van der Waals surface area (Å²) in [5.74, 6) is -0.177. The number of halogens is 2. The third-order valence-electron chi connectivity index (χ3n) is 3.58. The van der Waals surface area contributed by atoms with E-state index in [0.717, 1.165) is 23.0 Å². The lowest BCUT2D eigenvalue weighted by atomic mass is 10.1. The summed E-state index contributed by atoms with van der Waals surface area (Å²) in [6, 6.07) is 13.4. The van der Waals surface area contributed by atoms with E-state index < -0.39 is 0 Å². The highest BCUT2D eigenvalue weighted by molar-refractivity contribution is 9.10. The van der Waals surface area contributed by atoms with Crippen LogP contribution in [0, 0.1) is 5.82 Å². The van der Waals surface area contributed by atoms with Crippen LogP contribution in [0.1, 0.15) is 11.1 Å². The molecule has 2 aromatic carbocycles. The summed E-state index contributed by atoms with van der Waals surface area (Å²) in [6.07, 6.45) is 2.97. The third kappa shape index (κ3) is 3.34. The van der Waals surface area contributed by atoms with Crippen molar-refractivity contribution in [2.75, 3.05) is 6.54 Å². The molecule has 2 nitrogen and oxygen atoms in total. The fourth-order valence-corrected chi connectivity index (χ4v) is 2.78. The van der Waals surface area contributed by atoms with Crippen LogP contribution in [0.15, 0.2) is 53.1 Å². The molecule has 0 amide bonds. The molecular formula is C17H16BrFN2. The quantitative estimate of drug-likeness (QED) is 0.658. The molecule has 1 heterocycles. The van der Waals surface area contributed by atoms with Gasteiger partial charge in [-0.15, -0.1) is 0 Å². The lowest BCUT2D eigenvalue weighted by Gasteiger charge is -2.06. The van der Waals surface area contributed by atoms with Crippen LogP contribution < -0.4 is 5.32 Å². The van der Waals surface area contributed by atoms with Crippen LogP contribution >= 0.6 is 15.9 Å². The third-order valence-corrected chi connectivity index (χ3v) is 4.07. The number of aromatic amines is 1. The predicted molar refractivity (Wildman–Crippen MR) is 87.8 cm³/mol. The summed E-state index contributed by atoms with van der Waals surface area (Å²) >= 11 is 3.26. The van der Waals surface area contributed by atoms with Gasteiger partial charge in [-0.05, 0) is 36.7 Å². The van der Waals surface area contributed by atoms with Gasteiger partial charge in [-0.25, -0.2) is 4.39 Å². The Kier molecular flexibility index (Phi) is 4.36. The Morgan fingerprint density at radius 3 is 2.81 bits per heavy atom. The molecule has 0 aliphatic rings. The minimum Gasteiger partial charge on any atom is -0.361 e. The van der Waals surface area contributed by atoms with E-state index in [9.17, 15) is 4.39 Å². The van der Waals surface area contributed by atoms with E-state index in [1.54, 1.807) is 6.07 Å². The van der Waals surface area contributed by atoms with Gasteiger partial charge in [0.1, 0.15) is 5.82 Å². The van der Waals surface area contributed by atoms with Gasteiger partial charge in [0.2, 0.25) is 0 Å². The number of benzene rings is 2. The Morgan fingerprint density at radius 2 is 1.95 bits per heavy atom. The summed E-state index contributed by atoms with van der Waals surface area (Å²) in [6.45, 7) is 1.36. The van der Waals surface area contributed by atoms with Crippen molar-refractivity contribution in [2.24, 2.45) is 0 Å². The first-order valence-electron chi connectivity index (χ1n) is 6.93. The van der Waals surface area contributed by atoms with Gasteiger partial charge in [-0.2, -0.15) is 0 Å². The van der Waals surface area contributed by atoms with Crippen LogP contribution in [0.25, 0.3) is 10.9 Å². The second-order valence-electron chi connectivity index (χ2n) is 5.02. The summed E-state index contributed by atoms with van der Waals surface area (Å²) in [5, 5.41) is 4.55. The highest BCUT2D eigenvalue weighted by Gasteiger charge is 2.04. The first kappa shape index (κ1) is 14.3. The Labute approximate surface area is 131 Å². The zero-order valence-electron chi connectivity index (χ0n) is 11.5. The van der Waals surface area contributed by atoms with Crippen LogP contribution in [0.2, 0.25) is 0 Å². The van der Waals surface area contributed by atoms with E-state index >= 15 is 0 Å². The summed E-state index contributed by atoms with van der Waals surface area (Å²) in [4.78, 5) is 3.27. The van der Waals surface area contributed by atoms with Gasteiger partial charge < -0.3 is 10.3 Å². The molecule has 21 heavy (non-hydrogen) atoms. The number of fused-ring (bicyclic) bond motifs is 1. The van der Waals surface area contributed by atoms with Crippen LogP contribution in [-0.2, 0) is 13.0 Å². The second kappa shape index (κ2) is 6.41. The van der Waals surface area contributed by atoms with Crippen molar-refractivity contribution in [1.29, 1.82) is 0 Å². The molecule has 0 saturated carbocycles. The maximum Gasteiger partial charge on any atom is 0.128 e. The molecule has 0 saturated heterocycles. The van der Waals surface area contributed by atoms with Crippen LogP contribution in [0.5, 0.6) is 0 Å². The number of nitrogens with one attached hydrogen (secondary N) is 2. The van der Waals surface area contributed by atoms with Gasteiger partial charge in [0.25, 0.3) is 0 Å². The van der Waals surface area contributed by atoms with Crippen molar-refractivity contribution in [3.63, 3.8) is 0 Å². The SMILES string of the molecule is Fc1cc(Br)ccc1CNCCc1c[nH]c2ccccc12. The summed E-state index contributed by atoms with van der Waals surface area (Å²) < 4.78 is 14.5. The van der Waals surface area contributed by atoms with E-state index in [1.807, 2.05) is 24.4 Å². The van der Waals surface area contributed by atoms with Gasteiger partial charge in [0.15, 0.2) is 0 Å². The molecule has 0 bridgehead atoms. The number of rotatable bonds is 5. The largest absolute Gasteiger partial charge is 0.361 e. The van der Waals surface area contributed by atoms with Gasteiger partial charge in [0.05, 0.1) is 0 Å². The van der Waals surface area contributed by atoms with Crippen LogP contribution in [0.4, 0.5) is 4.39 Å². The molecule has 3 rings (SSSR count). The van der Waals surface area contributed by atoms with Gasteiger partial charge in [-0.1, -0.05) is 40.2 Å². The normalized spacial score (nSPS) is 11.1. The van der Waals surface area contributed by atoms with Crippen molar-refractivity contribution < 1.29 is 4.39 Å². The number of aromatic nitrogens is 1. The zero-order valence-corrected chi connectivity index (χ0v) is 13.1. The van der Waals surface area contributed by atoms with Crippen molar-refractivity contribution in [3.8, 4) is 0 Å². The molecule has 0 unspecified atom stereocenters. The molecule has 0 fully saturated rings. The molecule has 4 heteroatoms. The monoisotopic (exact) mass is 346 g/mol. The standard InChI is InChI=1S/C17H16BrFN2/c18-14-6-5-13(16(19)9-14)10-20-8-7-12-11-21-17-4-2-1-3-15(12)17/h1-6,9,11,20-21H,7-8,10H2. The number of hydrogen-bond acceptors (Lipinski definition) is 1. The molecule has 3 aromatic rings. The molecule has 0 radical (unpaired) electrons. The molecule has 108 valence electrons. The van der Waals surface area contributed by atoms with Crippen molar-refractivity contribution >= 4 is 26.8 Å². The van der Waals surface area contributed by atoms with Gasteiger partial charge in [0, 0.05) is 33.7 Å². The van der Waals surface area contributed by atoms with Crippen LogP contribution in [0.3, 0.4) is 0 Å². The van der Waals surface area contributed by atoms with Crippen molar-refractivity contribution in [2.45, 2.75) is 13.0 Å². The maximum absolute atomic E-state index is 13.7. The second-order valence-corrected chi connectivity index (χ2v) is 5.94. The minimum atomic E-state index is -0.177. The van der Waals surface area contributed by atoms with Crippen LogP contribution in [-0.4, -0.2) is 11.5 Å². The highest BCUT2D eigenvalue weighted by Crippen LogP contribution is 2.18. The molecule has 1 aromatic heterocycles. The highest BCUT2D eigenvalue weighted by atomic mass is 79.9. The fourth-order valence-electron chi connectivity index (χ4n) is 2.45. The summed E-state index contributed by atoms with van der Waals surface area (Å²) in [7, 11) is 0. The molecule has 0 spiro atoms. The Bertz CT molecular complexity index is 751. The summed E-state index contributed by atoms with van der Waals surface area (Å²) in [5.41, 5.74) is 3.14. The first-order chi connectivity index (χ1) is 10.2. The Morgan fingerprint density at radius 1 is 1.10 bits per heavy atom. The molecule has 2 N–H and O–H groups in total. The number of para-hydroxylation sites is 1. The lowest BCUT2D eigenvalue weighted by Crippen LogP contribution is -2.17. The van der Waals surface area contributed by atoms with Crippen molar-refractivity contribution in [3.05, 3.63) is 70.1 Å². The first-order valence-corrected chi connectivity index (χ1v) is 7.73. The van der Waals surface area contributed by atoms with E-state index in [1.165, 1.54) is 17.0 Å². The lowest BCUT2D eigenvalue weighted by molar-refractivity contribution is 0.588. The average molecular weight is 347 g/mol. The molecular weight excluding hydrogens is 331 g/mol. The fraction of sp³-hybridized carbons (Fsp3) is 0.176.